The van der Waals surface area contributed by atoms with E-state index in [0.717, 1.165) is 18.6 Å². The zero-order valence-electron chi connectivity index (χ0n) is 10.5. The van der Waals surface area contributed by atoms with Crippen molar-refractivity contribution >= 4 is 0 Å². The van der Waals surface area contributed by atoms with E-state index in [1.54, 1.807) is 0 Å². The monoisotopic (exact) mass is 273 g/mol. The number of halogens is 3. The Morgan fingerprint density at radius 3 is 2.53 bits per heavy atom. The van der Waals surface area contributed by atoms with Gasteiger partial charge in [-0.05, 0) is 24.6 Å². The lowest BCUT2D eigenvalue weighted by Gasteiger charge is -2.11. The van der Waals surface area contributed by atoms with Gasteiger partial charge in [0.2, 0.25) is 0 Å². The van der Waals surface area contributed by atoms with Crippen LogP contribution in [-0.2, 0) is 10.9 Å². The van der Waals surface area contributed by atoms with E-state index >= 15 is 0 Å². The van der Waals surface area contributed by atoms with Crippen molar-refractivity contribution in [2.24, 2.45) is 0 Å². The van der Waals surface area contributed by atoms with Crippen LogP contribution in [-0.4, -0.2) is 19.8 Å². The predicted octanol–water partition coefficient (Wildman–Crippen LogP) is 3.38. The summed E-state index contributed by atoms with van der Waals surface area (Å²) in [5.41, 5.74) is -1.40. The van der Waals surface area contributed by atoms with Crippen LogP contribution >= 0.6 is 0 Å². The van der Waals surface area contributed by atoms with Crippen LogP contribution in [0, 0.1) is 11.3 Å². The molecule has 0 aliphatic rings. The fourth-order valence-corrected chi connectivity index (χ4v) is 1.42. The molecule has 0 atom stereocenters. The minimum absolute atomic E-state index is 0.227. The number of rotatable bonds is 6. The van der Waals surface area contributed by atoms with Crippen LogP contribution in [0.3, 0.4) is 0 Å². The van der Waals surface area contributed by atoms with E-state index in [0.29, 0.717) is 13.2 Å². The molecule has 0 spiro atoms. The smallest absolute Gasteiger partial charge is 0.417 e. The Morgan fingerprint density at radius 1 is 1.21 bits per heavy atom. The Labute approximate surface area is 109 Å². The van der Waals surface area contributed by atoms with Crippen LogP contribution in [0.4, 0.5) is 13.2 Å². The third-order valence-corrected chi connectivity index (χ3v) is 2.26. The quantitative estimate of drug-likeness (QED) is 0.746. The maximum absolute atomic E-state index is 12.5. The van der Waals surface area contributed by atoms with Crippen LogP contribution in [0.5, 0.6) is 5.75 Å². The van der Waals surface area contributed by atoms with Gasteiger partial charge in [0.05, 0.1) is 23.8 Å². The van der Waals surface area contributed by atoms with Gasteiger partial charge < -0.3 is 9.47 Å². The van der Waals surface area contributed by atoms with E-state index in [1.165, 1.54) is 12.1 Å². The van der Waals surface area contributed by atoms with Gasteiger partial charge in [0.1, 0.15) is 12.4 Å². The van der Waals surface area contributed by atoms with Crippen LogP contribution in [0.1, 0.15) is 24.5 Å². The maximum Gasteiger partial charge on any atom is 0.417 e. The second-order valence-corrected chi connectivity index (χ2v) is 3.78. The summed E-state index contributed by atoms with van der Waals surface area (Å²) < 4.78 is 48.0. The van der Waals surface area contributed by atoms with E-state index in [1.807, 2.05) is 6.92 Å². The van der Waals surface area contributed by atoms with E-state index in [4.69, 9.17) is 14.7 Å². The summed E-state index contributed by atoms with van der Waals surface area (Å²) in [6, 6.07) is 4.65. The zero-order chi connectivity index (χ0) is 14.3. The third-order valence-electron chi connectivity index (χ3n) is 2.26. The highest BCUT2D eigenvalue weighted by molar-refractivity contribution is 5.44. The molecule has 0 saturated carbocycles. The molecule has 3 nitrogen and oxygen atoms in total. The van der Waals surface area contributed by atoms with Crippen molar-refractivity contribution in [2.45, 2.75) is 19.5 Å². The number of benzene rings is 1. The molecule has 0 radical (unpaired) electrons. The number of alkyl halides is 3. The standard InChI is InChI=1S/C13H14F3NO2/c1-2-5-18-6-7-19-11-3-4-12(13(14,15)16)10(8-11)9-17/h3-4,8H,2,5-7H2,1H3. The first-order chi connectivity index (χ1) is 8.99. The summed E-state index contributed by atoms with van der Waals surface area (Å²) in [6.45, 7) is 3.17. The summed E-state index contributed by atoms with van der Waals surface area (Å²) in [5.74, 6) is 0.227. The van der Waals surface area contributed by atoms with Crippen molar-refractivity contribution in [3.05, 3.63) is 29.3 Å². The Morgan fingerprint density at radius 2 is 1.95 bits per heavy atom. The molecule has 1 aromatic rings. The van der Waals surface area contributed by atoms with E-state index in [-0.39, 0.29) is 12.4 Å². The molecule has 1 aromatic carbocycles. The molecular formula is C13H14F3NO2. The van der Waals surface area contributed by atoms with Gasteiger partial charge in [0, 0.05) is 6.61 Å². The second-order valence-electron chi connectivity index (χ2n) is 3.78. The van der Waals surface area contributed by atoms with Crippen LogP contribution in [0.25, 0.3) is 0 Å². The van der Waals surface area contributed by atoms with Crippen molar-refractivity contribution in [3.8, 4) is 11.8 Å². The topological polar surface area (TPSA) is 42.2 Å². The summed E-state index contributed by atoms with van der Waals surface area (Å²) in [5, 5.41) is 8.72. The Hall–Kier alpha value is -1.74. The molecule has 19 heavy (non-hydrogen) atoms. The fourth-order valence-electron chi connectivity index (χ4n) is 1.42. The Kier molecular flexibility index (Phi) is 5.64. The molecule has 6 heteroatoms. The van der Waals surface area contributed by atoms with E-state index < -0.39 is 17.3 Å². The first kappa shape index (κ1) is 15.3. The molecule has 0 aromatic heterocycles. The maximum atomic E-state index is 12.5. The summed E-state index contributed by atoms with van der Waals surface area (Å²) in [6.07, 6.45) is -3.65. The minimum atomic E-state index is -4.53. The van der Waals surface area contributed by atoms with Crippen LogP contribution < -0.4 is 4.74 Å². The van der Waals surface area contributed by atoms with E-state index in [2.05, 4.69) is 0 Å². The molecule has 1 rings (SSSR count). The molecule has 0 fully saturated rings. The SMILES string of the molecule is CCCOCCOc1ccc(C(F)(F)F)c(C#N)c1. The molecule has 0 amide bonds. The summed E-state index contributed by atoms with van der Waals surface area (Å²) in [4.78, 5) is 0. The highest BCUT2D eigenvalue weighted by Crippen LogP contribution is 2.33. The molecule has 0 bridgehead atoms. The second kappa shape index (κ2) is 7.00. The molecule has 0 unspecified atom stereocenters. The number of hydrogen-bond donors (Lipinski definition) is 0. The van der Waals surface area contributed by atoms with Crippen LogP contribution in [0.15, 0.2) is 18.2 Å². The molecule has 0 aliphatic heterocycles. The molecule has 0 heterocycles. The highest BCUT2D eigenvalue weighted by atomic mass is 19.4. The first-order valence-corrected chi connectivity index (χ1v) is 5.81. The normalized spacial score (nSPS) is 11.1. The van der Waals surface area contributed by atoms with Gasteiger partial charge in [-0.2, -0.15) is 18.4 Å². The average Bonchev–Trinajstić information content (AvgIpc) is 2.37. The minimum Gasteiger partial charge on any atom is -0.491 e. The highest BCUT2D eigenvalue weighted by Gasteiger charge is 2.33. The van der Waals surface area contributed by atoms with Gasteiger partial charge in [0.25, 0.3) is 0 Å². The van der Waals surface area contributed by atoms with Gasteiger partial charge in [-0.3, -0.25) is 0 Å². The Balaban J connectivity index is 2.65. The number of hydrogen-bond acceptors (Lipinski definition) is 3. The van der Waals surface area contributed by atoms with Gasteiger partial charge in [-0.25, -0.2) is 0 Å². The largest absolute Gasteiger partial charge is 0.491 e. The van der Waals surface area contributed by atoms with Gasteiger partial charge in [-0.1, -0.05) is 6.92 Å². The lowest BCUT2D eigenvalue weighted by atomic mass is 10.1. The van der Waals surface area contributed by atoms with Crippen molar-refractivity contribution in [1.82, 2.24) is 0 Å². The molecule has 0 N–H and O–H groups in total. The van der Waals surface area contributed by atoms with Crippen molar-refractivity contribution < 1.29 is 22.6 Å². The Bertz CT molecular complexity index is 452. The lowest BCUT2D eigenvalue weighted by molar-refractivity contribution is -0.137. The number of nitrogens with zero attached hydrogens (tertiary/aromatic N) is 1. The van der Waals surface area contributed by atoms with Crippen molar-refractivity contribution in [1.29, 1.82) is 5.26 Å². The third kappa shape index (κ3) is 4.79. The van der Waals surface area contributed by atoms with Crippen molar-refractivity contribution in [2.75, 3.05) is 19.8 Å². The average molecular weight is 273 g/mol. The van der Waals surface area contributed by atoms with Crippen molar-refractivity contribution in [3.63, 3.8) is 0 Å². The molecule has 104 valence electrons. The first-order valence-electron chi connectivity index (χ1n) is 5.81. The van der Waals surface area contributed by atoms with Gasteiger partial charge in [0.15, 0.2) is 0 Å². The fraction of sp³-hybridized carbons (Fsp3) is 0.462. The summed E-state index contributed by atoms with van der Waals surface area (Å²) in [7, 11) is 0. The predicted molar refractivity (Wildman–Crippen MR) is 62.8 cm³/mol. The molecule has 0 aliphatic carbocycles. The van der Waals surface area contributed by atoms with E-state index in [9.17, 15) is 13.2 Å². The lowest BCUT2D eigenvalue weighted by Crippen LogP contribution is -2.10. The number of ether oxygens (including phenoxy) is 2. The zero-order valence-corrected chi connectivity index (χ0v) is 10.5. The molecular weight excluding hydrogens is 259 g/mol. The van der Waals surface area contributed by atoms with Gasteiger partial charge in [-0.15, -0.1) is 0 Å². The number of nitriles is 1. The van der Waals surface area contributed by atoms with Crippen LogP contribution in [0.2, 0.25) is 0 Å². The molecule has 0 saturated heterocycles. The summed E-state index contributed by atoms with van der Waals surface area (Å²) >= 11 is 0. The van der Waals surface area contributed by atoms with Gasteiger partial charge >= 0.3 is 6.18 Å².